The van der Waals surface area contributed by atoms with E-state index in [0.717, 1.165) is 6.08 Å². The van der Waals surface area contributed by atoms with Crippen molar-refractivity contribution >= 4 is 5.71 Å². The smallest absolute Gasteiger partial charge is 0.395 e. The van der Waals surface area contributed by atoms with Crippen LogP contribution in [0.1, 0.15) is 13.8 Å². The predicted molar refractivity (Wildman–Crippen MR) is 55.3 cm³/mol. The predicted octanol–water partition coefficient (Wildman–Crippen LogP) is 1.50. The van der Waals surface area contributed by atoms with Crippen LogP contribution >= 0.6 is 0 Å². The highest BCUT2D eigenvalue weighted by molar-refractivity contribution is 6.00. The van der Waals surface area contributed by atoms with Crippen LogP contribution in [0, 0.1) is 5.41 Å². The van der Waals surface area contributed by atoms with Gasteiger partial charge in [0.15, 0.2) is 0 Å². The van der Waals surface area contributed by atoms with Gasteiger partial charge in [0.2, 0.25) is 0 Å². The Bertz CT molecular complexity index is 319. The molecule has 16 heavy (non-hydrogen) atoms. The maximum Gasteiger partial charge on any atom is 0.430 e. The minimum Gasteiger partial charge on any atom is -0.395 e. The average molecular weight is 236 g/mol. The molecule has 0 saturated carbocycles. The molecule has 0 radical (unpaired) electrons. The molecular formula is C10H15F3N2O. The second-order valence-corrected chi connectivity index (χ2v) is 4.29. The zero-order chi connectivity index (χ0) is 12.4. The zero-order valence-corrected chi connectivity index (χ0v) is 9.23. The summed E-state index contributed by atoms with van der Waals surface area (Å²) in [5, 5.41) is 11.4. The van der Waals surface area contributed by atoms with E-state index < -0.39 is 17.3 Å². The van der Waals surface area contributed by atoms with Gasteiger partial charge in [-0.25, -0.2) is 0 Å². The Morgan fingerprint density at radius 1 is 1.44 bits per heavy atom. The lowest BCUT2D eigenvalue weighted by Gasteiger charge is -2.22. The fraction of sp³-hybridized carbons (Fsp3) is 0.700. The topological polar surface area (TPSA) is 44.6 Å². The Morgan fingerprint density at radius 3 is 2.56 bits per heavy atom. The lowest BCUT2D eigenvalue weighted by molar-refractivity contribution is -0.0964. The Hall–Kier alpha value is -1.04. The number of alkyl halides is 3. The van der Waals surface area contributed by atoms with Crippen molar-refractivity contribution in [1.82, 2.24) is 5.32 Å². The monoisotopic (exact) mass is 236 g/mol. The summed E-state index contributed by atoms with van der Waals surface area (Å²) in [6.45, 7) is 3.49. The molecule has 6 heteroatoms. The van der Waals surface area contributed by atoms with Gasteiger partial charge in [0.25, 0.3) is 0 Å². The van der Waals surface area contributed by atoms with Crippen molar-refractivity contribution < 1.29 is 18.3 Å². The van der Waals surface area contributed by atoms with Crippen LogP contribution in [0.2, 0.25) is 0 Å². The van der Waals surface area contributed by atoms with E-state index in [-0.39, 0.29) is 25.4 Å². The molecule has 0 fully saturated rings. The number of halogens is 3. The number of nitrogens with one attached hydrogen (secondary N) is 1. The van der Waals surface area contributed by atoms with Gasteiger partial charge in [-0.1, -0.05) is 13.8 Å². The minimum absolute atomic E-state index is 0.149. The van der Waals surface area contributed by atoms with E-state index >= 15 is 0 Å². The molecule has 0 aromatic rings. The van der Waals surface area contributed by atoms with Gasteiger partial charge in [-0.2, -0.15) is 13.2 Å². The number of hydrogen-bond acceptors (Lipinski definition) is 3. The van der Waals surface area contributed by atoms with E-state index in [9.17, 15) is 13.2 Å². The van der Waals surface area contributed by atoms with Crippen LogP contribution in [0.15, 0.2) is 16.8 Å². The summed E-state index contributed by atoms with van der Waals surface area (Å²) >= 11 is 0. The van der Waals surface area contributed by atoms with Crippen LogP contribution in [-0.4, -0.2) is 36.7 Å². The number of aliphatic hydroxyl groups excluding tert-OH is 1. The van der Waals surface area contributed by atoms with Crippen molar-refractivity contribution in [3.8, 4) is 0 Å². The van der Waals surface area contributed by atoms with Crippen LogP contribution in [0.5, 0.6) is 0 Å². The molecule has 0 amide bonds. The van der Waals surface area contributed by atoms with E-state index in [1.807, 2.05) is 0 Å². The van der Waals surface area contributed by atoms with Crippen molar-refractivity contribution in [2.24, 2.45) is 10.4 Å². The van der Waals surface area contributed by atoms with Crippen molar-refractivity contribution in [3.63, 3.8) is 0 Å². The van der Waals surface area contributed by atoms with Gasteiger partial charge in [-0.3, -0.25) is 4.99 Å². The molecule has 0 atom stereocenters. The number of aliphatic hydroxyl groups is 1. The van der Waals surface area contributed by atoms with E-state index in [1.54, 1.807) is 13.8 Å². The second-order valence-electron chi connectivity index (χ2n) is 4.29. The van der Waals surface area contributed by atoms with Crippen LogP contribution < -0.4 is 5.32 Å². The molecular weight excluding hydrogens is 221 g/mol. The number of nitrogens with zero attached hydrogens (tertiary/aromatic N) is 1. The summed E-state index contributed by atoms with van der Waals surface area (Å²) < 4.78 is 37.6. The summed E-state index contributed by atoms with van der Waals surface area (Å²) in [6.07, 6.45) is -3.43. The normalized spacial score (nSPS) is 18.4. The summed E-state index contributed by atoms with van der Waals surface area (Å²) in [4.78, 5) is 4.05. The van der Waals surface area contributed by atoms with Gasteiger partial charge in [-0.05, 0) is 6.08 Å². The van der Waals surface area contributed by atoms with Crippen LogP contribution in [0.3, 0.4) is 0 Å². The highest BCUT2D eigenvalue weighted by atomic mass is 19.4. The van der Waals surface area contributed by atoms with Crippen LogP contribution in [0.25, 0.3) is 0 Å². The molecule has 0 spiro atoms. The van der Waals surface area contributed by atoms with Crippen LogP contribution in [-0.2, 0) is 0 Å². The quantitative estimate of drug-likeness (QED) is 0.763. The first-order valence-corrected chi connectivity index (χ1v) is 4.96. The standard InChI is InChI=1S/C10H15F3N2O/c1-9(2,6-16)7-5-8(10(11,12)13)15-4-3-14-7/h5,15-16H,3-4,6H2,1-2H3. The first-order valence-electron chi connectivity index (χ1n) is 4.96. The lowest BCUT2D eigenvalue weighted by atomic mass is 9.87. The Kier molecular flexibility index (Phi) is 3.62. The van der Waals surface area contributed by atoms with Crippen molar-refractivity contribution in [2.45, 2.75) is 20.0 Å². The number of rotatable bonds is 2. The third-order valence-corrected chi connectivity index (χ3v) is 2.38. The van der Waals surface area contributed by atoms with E-state index in [2.05, 4.69) is 10.3 Å². The summed E-state index contributed by atoms with van der Waals surface area (Å²) in [5.74, 6) is 0. The maximum atomic E-state index is 12.5. The van der Waals surface area contributed by atoms with Crippen LogP contribution in [0.4, 0.5) is 13.2 Å². The largest absolute Gasteiger partial charge is 0.430 e. The third kappa shape index (κ3) is 2.98. The van der Waals surface area contributed by atoms with E-state index in [0.29, 0.717) is 0 Å². The molecule has 0 unspecified atom stereocenters. The number of aliphatic imine (C=N–C) groups is 1. The molecule has 92 valence electrons. The van der Waals surface area contributed by atoms with Crippen molar-refractivity contribution in [3.05, 3.63) is 11.8 Å². The molecule has 0 bridgehead atoms. The van der Waals surface area contributed by atoms with Gasteiger partial charge >= 0.3 is 6.18 Å². The highest BCUT2D eigenvalue weighted by Gasteiger charge is 2.36. The first kappa shape index (κ1) is 13.0. The zero-order valence-electron chi connectivity index (χ0n) is 9.23. The minimum atomic E-state index is -4.41. The van der Waals surface area contributed by atoms with E-state index in [4.69, 9.17) is 5.11 Å². The van der Waals surface area contributed by atoms with Gasteiger partial charge in [0, 0.05) is 17.7 Å². The Morgan fingerprint density at radius 2 is 2.06 bits per heavy atom. The lowest BCUT2D eigenvalue weighted by Crippen LogP contribution is -2.30. The highest BCUT2D eigenvalue weighted by Crippen LogP contribution is 2.27. The SMILES string of the molecule is CC(C)(CO)C1=NCCNC(C(F)(F)F)=C1. The molecule has 1 rings (SSSR count). The molecule has 0 saturated heterocycles. The third-order valence-electron chi connectivity index (χ3n) is 2.38. The number of hydrogen-bond donors (Lipinski definition) is 2. The van der Waals surface area contributed by atoms with Gasteiger partial charge in [0.05, 0.1) is 13.2 Å². The van der Waals surface area contributed by atoms with Gasteiger partial charge in [0.1, 0.15) is 5.70 Å². The Labute approximate surface area is 92.1 Å². The summed E-state index contributed by atoms with van der Waals surface area (Å²) in [5.41, 5.74) is -1.29. The van der Waals surface area contributed by atoms with Crippen molar-refractivity contribution in [2.75, 3.05) is 19.7 Å². The van der Waals surface area contributed by atoms with Gasteiger partial charge < -0.3 is 10.4 Å². The summed E-state index contributed by atoms with van der Waals surface area (Å²) in [7, 11) is 0. The van der Waals surface area contributed by atoms with Gasteiger partial charge in [-0.15, -0.1) is 0 Å². The molecule has 1 heterocycles. The first-order chi connectivity index (χ1) is 7.27. The van der Waals surface area contributed by atoms with Crippen molar-refractivity contribution in [1.29, 1.82) is 0 Å². The second kappa shape index (κ2) is 4.45. The van der Waals surface area contributed by atoms with E-state index in [1.165, 1.54) is 0 Å². The number of allylic oxidation sites excluding steroid dienone is 2. The molecule has 0 aromatic heterocycles. The molecule has 2 N–H and O–H groups in total. The fourth-order valence-electron chi connectivity index (χ4n) is 1.27. The molecule has 3 nitrogen and oxygen atoms in total. The maximum absolute atomic E-state index is 12.5. The molecule has 1 aliphatic heterocycles. The average Bonchev–Trinajstić information content (AvgIpc) is 2.42. The summed E-state index contributed by atoms with van der Waals surface area (Å²) in [6, 6.07) is 0. The Balaban J connectivity index is 3.04. The molecule has 0 aromatic carbocycles. The molecule has 0 aliphatic carbocycles. The molecule has 1 aliphatic rings. The fourth-order valence-corrected chi connectivity index (χ4v) is 1.27.